The van der Waals surface area contributed by atoms with Crippen molar-refractivity contribution in [2.24, 2.45) is 5.92 Å². The lowest BCUT2D eigenvalue weighted by Gasteiger charge is -2.30. The van der Waals surface area contributed by atoms with Crippen LogP contribution in [-0.4, -0.2) is 54.0 Å². The van der Waals surface area contributed by atoms with E-state index < -0.39 is 0 Å². The molecule has 2 saturated heterocycles. The van der Waals surface area contributed by atoms with Gasteiger partial charge in [0.15, 0.2) is 0 Å². The maximum absolute atomic E-state index is 5.86. The smallest absolute Gasteiger partial charge is 0.115 e. The lowest BCUT2D eigenvalue weighted by molar-refractivity contribution is 0.00370. The highest BCUT2D eigenvalue weighted by molar-refractivity contribution is 5.77. The molecule has 3 heterocycles. The molecule has 3 aliphatic rings. The van der Waals surface area contributed by atoms with E-state index in [2.05, 4.69) is 45.3 Å². The Morgan fingerprint density at radius 3 is 2.76 bits per heavy atom. The number of rotatable bonds is 4. The van der Waals surface area contributed by atoms with Crippen LogP contribution in [0.5, 0.6) is 0 Å². The Bertz CT molecular complexity index is 897. The first kappa shape index (κ1) is 18.7. The number of benzene rings is 1. The third-order valence-corrected chi connectivity index (χ3v) is 5.83. The predicted molar refractivity (Wildman–Crippen MR) is 112 cm³/mol. The summed E-state index contributed by atoms with van der Waals surface area (Å²) in [5.74, 6) is 7.33. The number of ether oxygens (including phenoxy) is 2. The van der Waals surface area contributed by atoms with Gasteiger partial charge in [-0.15, -0.1) is 5.10 Å². The van der Waals surface area contributed by atoms with E-state index in [9.17, 15) is 0 Å². The van der Waals surface area contributed by atoms with Crippen molar-refractivity contribution in [2.45, 2.75) is 44.8 Å². The fraction of sp³-hybridized carbons (Fsp3) is 0.565. The van der Waals surface area contributed by atoms with Gasteiger partial charge in [-0.05, 0) is 50.3 Å². The zero-order chi connectivity index (χ0) is 19.5. The molecule has 152 valence electrons. The second-order valence-corrected chi connectivity index (χ2v) is 8.19. The van der Waals surface area contributed by atoms with Crippen molar-refractivity contribution in [1.82, 2.24) is 15.0 Å². The van der Waals surface area contributed by atoms with Crippen molar-refractivity contribution in [1.29, 1.82) is 0 Å². The van der Waals surface area contributed by atoms with Crippen LogP contribution in [0.1, 0.15) is 37.7 Å². The van der Waals surface area contributed by atoms with Gasteiger partial charge in [-0.2, -0.15) is 0 Å². The summed E-state index contributed by atoms with van der Waals surface area (Å²) in [7, 11) is 0. The molecule has 29 heavy (non-hydrogen) atoms. The quantitative estimate of drug-likeness (QED) is 0.749. The molecule has 0 unspecified atom stereocenters. The van der Waals surface area contributed by atoms with E-state index >= 15 is 0 Å². The van der Waals surface area contributed by atoms with Crippen LogP contribution in [0, 0.1) is 17.8 Å². The van der Waals surface area contributed by atoms with Crippen LogP contribution in [0.15, 0.2) is 24.4 Å². The highest BCUT2D eigenvalue weighted by Gasteiger charge is 2.20. The first-order valence-corrected chi connectivity index (χ1v) is 10.9. The average molecular weight is 393 g/mol. The highest BCUT2D eigenvalue weighted by atomic mass is 16.5. The second kappa shape index (κ2) is 8.56. The first-order chi connectivity index (χ1) is 14.3. The van der Waals surface area contributed by atoms with Gasteiger partial charge in [0.25, 0.3) is 0 Å². The van der Waals surface area contributed by atoms with Crippen LogP contribution in [0.4, 0.5) is 5.69 Å². The molecule has 1 atom stereocenters. The molecule has 0 spiro atoms. The van der Waals surface area contributed by atoms with Gasteiger partial charge < -0.3 is 14.4 Å². The average Bonchev–Trinajstić information content (AvgIpc) is 3.50. The van der Waals surface area contributed by atoms with Crippen molar-refractivity contribution < 1.29 is 9.47 Å². The molecular weight excluding hydrogens is 364 g/mol. The molecule has 1 saturated carbocycles. The van der Waals surface area contributed by atoms with Crippen LogP contribution in [-0.2, 0) is 16.0 Å². The minimum absolute atomic E-state index is 0.247. The van der Waals surface area contributed by atoms with E-state index in [-0.39, 0.29) is 6.10 Å². The predicted octanol–water partition coefficient (Wildman–Crippen LogP) is 3.11. The molecule has 1 aromatic heterocycles. The van der Waals surface area contributed by atoms with Gasteiger partial charge in [0.05, 0.1) is 32.1 Å². The number of hydrogen-bond acceptors (Lipinski definition) is 5. The van der Waals surface area contributed by atoms with Crippen LogP contribution < -0.4 is 4.90 Å². The Hall–Kier alpha value is -2.36. The third-order valence-electron chi connectivity index (χ3n) is 5.83. The molecule has 1 aliphatic carbocycles. The van der Waals surface area contributed by atoms with E-state index in [1.54, 1.807) is 0 Å². The Morgan fingerprint density at radius 2 is 1.97 bits per heavy atom. The molecule has 2 aliphatic heterocycles. The maximum atomic E-state index is 5.86. The summed E-state index contributed by atoms with van der Waals surface area (Å²) >= 11 is 0. The van der Waals surface area contributed by atoms with Crippen molar-refractivity contribution >= 4 is 5.69 Å². The molecular formula is C23H28N4O2. The van der Waals surface area contributed by atoms with Gasteiger partial charge in [0.2, 0.25) is 0 Å². The number of morpholine rings is 1. The topological polar surface area (TPSA) is 52.4 Å². The minimum Gasteiger partial charge on any atom is -0.378 e. The molecule has 0 N–H and O–H groups in total. The lowest BCUT2D eigenvalue weighted by Crippen LogP contribution is -2.36. The van der Waals surface area contributed by atoms with Gasteiger partial charge in [-0.1, -0.05) is 17.1 Å². The minimum atomic E-state index is 0.247. The van der Waals surface area contributed by atoms with Gasteiger partial charge in [0, 0.05) is 42.4 Å². The first-order valence-electron chi connectivity index (χ1n) is 10.9. The van der Waals surface area contributed by atoms with Crippen molar-refractivity contribution in [3.63, 3.8) is 0 Å². The highest BCUT2D eigenvalue weighted by Crippen LogP contribution is 2.32. The second-order valence-electron chi connectivity index (χ2n) is 8.19. The monoisotopic (exact) mass is 392 g/mol. The summed E-state index contributed by atoms with van der Waals surface area (Å²) in [6.45, 7) is 4.90. The zero-order valence-electron chi connectivity index (χ0n) is 16.8. The SMILES string of the molecule is C(#CC1CC1)c1ccc(-c2cn(C[C@H]3CCCCO3)nn2)c(N2CCOCC2)c1. The van der Waals surface area contributed by atoms with Gasteiger partial charge in [-0.3, -0.25) is 0 Å². The van der Waals surface area contributed by atoms with Gasteiger partial charge in [-0.25, -0.2) is 4.68 Å². The summed E-state index contributed by atoms with van der Waals surface area (Å²) in [5.41, 5.74) is 4.27. The van der Waals surface area contributed by atoms with Crippen molar-refractivity contribution in [2.75, 3.05) is 37.8 Å². The summed E-state index contributed by atoms with van der Waals surface area (Å²) in [4.78, 5) is 2.38. The van der Waals surface area contributed by atoms with E-state index in [1.165, 1.54) is 24.9 Å². The summed E-state index contributed by atoms with van der Waals surface area (Å²) in [5, 5.41) is 8.86. The summed E-state index contributed by atoms with van der Waals surface area (Å²) in [6.07, 6.45) is 8.28. The van der Waals surface area contributed by atoms with E-state index in [0.717, 1.165) is 69.1 Å². The Balaban J connectivity index is 1.41. The zero-order valence-corrected chi connectivity index (χ0v) is 16.8. The number of aromatic nitrogens is 3. The van der Waals surface area contributed by atoms with Crippen molar-refractivity contribution in [3.8, 4) is 23.1 Å². The van der Waals surface area contributed by atoms with Gasteiger partial charge >= 0.3 is 0 Å². The van der Waals surface area contributed by atoms with Crippen LogP contribution >= 0.6 is 0 Å². The molecule has 3 fully saturated rings. The molecule has 0 bridgehead atoms. The van der Waals surface area contributed by atoms with Gasteiger partial charge in [0.1, 0.15) is 5.69 Å². The molecule has 6 nitrogen and oxygen atoms in total. The van der Waals surface area contributed by atoms with Crippen LogP contribution in [0.3, 0.4) is 0 Å². The Kier molecular flexibility index (Phi) is 5.51. The maximum Gasteiger partial charge on any atom is 0.115 e. The fourth-order valence-electron chi connectivity index (χ4n) is 3.98. The van der Waals surface area contributed by atoms with E-state index in [1.807, 2.05) is 10.9 Å². The molecule has 5 rings (SSSR count). The third kappa shape index (κ3) is 4.63. The Labute approximate surface area is 172 Å². The molecule has 2 aromatic rings. The Morgan fingerprint density at radius 1 is 1.07 bits per heavy atom. The summed E-state index contributed by atoms with van der Waals surface area (Å²) in [6, 6.07) is 6.46. The van der Waals surface area contributed by atoms with E-state index in [4.69, 9.17) is 9.47 Å². The van der Waals surface area contributed by atoms with E-state index in [0.29, 0.717) is 5.92 Å². The molecule has 0 radical (unpaired) electrons. The fourth-order valence-corrected chi connectivity index (χ4v) is 3.98. The number of hydrogen-bond donors (Lipinski definition) is 0. The molecule has 1 aromatic carbocycles. The number of anilines is 1. The lowest BCUT2D eigenvalue weighted by atomic mass is 10.0. The molecule has 6 heteroatoms. The number of nitrogens with zero attached hydrogens (tertiary/aromatic N) is 4. The standard InChI is InChI=1S/C23H28N4O2/c1-2-12-29-20(3-1)16-27-17-22(24-25-27)21-9-8-19(7-6-18-4-5-18)15-23(21)26-10-13-28-14-11-26/h8-9,15,17-18,20H,1-5,10-14,16H2/t20-/m1/s1. The normalized spacial score (nSPS) is 22.2. The molecule has 0 amide bonds. The largest absolute Gasteiger partial charge is 0.378 e. The van der Waals surface area contributed by atoms with Crippen LogP contribution in [0.25, 0.3) is 11.3 Å². The van der Waals surface area contributed by atoms with Crippen molar-refractivity contribution in [3.05, 3.63) is 30.0 Å². The summed E-state index contributed by atoms with van der Waals surface area (Å²) < 4.78 is 13.3. The van der Waals surface area contributed by atoms with Crippen LogP contribution in [0.2, 0.25) is 0 Å².